The lowest BCUT2D eigenvalue weighted by atomic mass is 10.1. The van der Waals surface area contributed by atoms with Crippen LogP contribution in [0.25, 0.3) is 0 Å². The Kier molecular flexibility index (Phi) is 46.1. The van der Waals surface area contributed by atoms with Crippen LogP contribution in [0.4, 0.5) is 0 Å². The van der Waals surface area contributed by atoms with Gasteiger partial charge in [-0.1, -0.05) is 78.9 Å². The van der Waals surface area contributed by atoms with E-state index in [1.165, 1.54) is 0 Å². The Labute approximate surface area is 366 Å². The molecule has 0 saturated heterocycles. The average molecular weight is 903 g/mol. The van der Waals surface area contributed by atoms with Gasteiger partial charge in [-0.2, -0.15) is 0 Å². The number of carbonyl (C=O) groups excluding carboxylic acids is 2. The van der Waals surface area contributed by atoms with Crippen LogP contribution in [0.3, 0.4) is 0 Å². The number of carbonyl (C=O) groups is 2. The Morgan fingerprint density at radius 1 is 0.639 bits per heavy atom. The maximum absolute atomic E-state index is 11.9. The maximum Gasteiger partial charge on any atom is 0.474 e. The molecule has 0 aliphatic rings. The zero-order valence-corrected chi connectivity index (χ0v) is 39.7. The second-order valence-corrected chi connectivity index (χ2v) is 14.7. The van der Waals surface area contributed by atoms with Crippen LogP contribution in [0.1, 0.15) is 140 Å². The van der Waals surface area contributed by atoms with Crippen molar-refractivity contribution in [3.05, 3.63) is 35.4 Å². The third-order valence-electron chi connectivity index (χ3n) is 7.73. The van der Waals surface area contributed by atoms with Crippen molar-refractivity contribution in [2.24, 2.45) is 0 Å². The molecule has 2 unspecified atom stereocenters. The van der Waals surface area contributed by atoms with Crippen LogP contribution < -0.4 is 0 Å². The third-order valence-corrected chi connectivity index (χ3v) is 8.25. The Morgan fingerprint density at radius 3 is 1.51 bits per heavy atom. The molecule has 0 spiro atoms. The molecule has 362 valence electrons. The molecule has 1 aromatic carbocycles. The highest BCUT2D eigenvalue weighted by molar-refractivity contribution is 7.46. The Balaban J connectivity index is -0.000000787. The van der Waals surface area contributed by atoms with Crippen molar-refractivity contribution in [1.82, 2.24) is 0 Å². The molecule has 0 aromatic heterocycles. The highest BCUT2D eigenvalue weighted by Gasteiger charge is 2.41. The van der Waals surface area contributed by atoms with E-state index < -0.39 is 25.7 Å². The summed E-state index contributed by atoms with van der Waals surface area (Å²) in [6, 6.07) is 6.59. The summed E-state index contributed by atoms with van der Waals surface area (Å²) >= 11 is 0. The molecule has 61 heavy (non-hydrogen) atoms. The largest absolute Gasteiger partial charge is 0.474 e. The van der Waals surface area contributed by atoms with Crippen molar-refractivity contribution in [2.45, 2.75) is 138 Å². The number of ether oxygens (including phenoxy) is 9. The summed E-state index contributed by atoms with van der Waals surface area (Å²) in [6.07, 6.45) is 8.60. The third kappa shape index (κ3) is 40.4. The summed E-state index contributed by atoms with van der Waals surface area (Å²) in [7, 11) is -3.13. The fraction of sp³-hybridized carbons (Fsp3) is 0.814. The van der Waals surface area contributed by atoms with E-state index in [0.717, 1.165) is 70.8 Å². The lowest BCUT2D eigenvalue weighted by Crippen LogP contribution is -2.44. The summed E-state index contributed by atoms with van der Waals surface area (Å²) in [5.74, 6) is -2.79. The van der Waals surface area contributed by atoms with E-state index in [1.54, 1.807) is 31.4 Å². The maximum atomic E-state index is 11.9. The molecule has 4 N–H and O–H groups in total. The number of benzene rings is 1. The molecule has 0 aliphatic heterocycles. The normalized spacial score (nSPS) is 12.1. The predicted molar refractivity (Wildman–Crippen MR) is 233 cm³/mol. The summed E-state index contributed by atoms with van der Waals surface area (Å²) in [6.45, 7) is 20.3. The van der Waals surface area contributed by atoms with Crippen LogP contribution in [0.5, 0.6) is 0 Å². The molecule has 0 bridgehead atoms. The molecule has 0 radical (unpaired) electrons. The van der Waals surface area contributed by atoms with Gasteiger partial charge in [0.25, 0.3) is 0 Å². The Hall–Kier alpha value is -2.09. The van der Waals surface area contributed by atoms with E-state index in [0.29, 0.717) is 46.2 Å². The van der Waals surface area contributed by atoms with Crippen molar-refractivity contribution in [3.63, 3.8) is 0 Å². The van der Waals surface area contributed by atoms with E-state index >= 15 is 0 Å². The summed E-state index contributed by atoms with van der Waals surface area (Å²) in [4.78, 5) is 42.2. The standard InChI is InChI=1S/C16H22O4.C14H31O7P.C7H16O3.C6H14O3/c1-3-5-11-19-15(17)13-9-7-8-10-14(13)16(18)20-12-6-4-2;1-4-7-10-18-13-14(19-11-8-5-2,20-12-9-6-3)21-22(15,16)17;1-6(4-8)10-5-7(2)9-3;1-2-8-5-6-9-4-3-7/h7-10H,3-6,11-12H2,1-2H3;4-13H2,1-3H3,(H2,15,16,17);6-8H,4-5H2,1-3H3;7H,2-6H2,1H3. The molecular weight excluding hydrogens is 819 g/mol. The number of aliphatic hydroxyl groups excluding tert-OH is 2. The lowest BCUT2D eigenvalue weighted by molar-refractivity contribution is -0.365. The van der Waals surface area contributed by atoms with E-state index in [4.69, 9.17) is 67.2 Å². The van der Waals surface area contributed by atoms with Crippen LogP contribution in [-0.4, -0.2) is 143 Å². The lowest BCUT2D eigenvalue weighted by Gasteiger charge is -2.32. The fourth-order valence-electron chi connectivity index (χ4n) is 4.04. The van der Waals surface area contributed by atoms with Crippen molar-refractivity contribution >= 4 is 19.8 Å². The number of methoxy groups -OCH3 is 1. The Bertz CT molecular complexity index is 1100. The molecule has 1 aromatic rings. The van der Waals surface area contributed by atoms with Crippen LogP contribution in [-0.2, 0) is 51.7 Å². The van der Waals surface area contributed by atoms with Crippen LogP contribution in [0.15, 0.2) is 24.3 Å². The summed E-state index contributed by atoms with van der Waals surface area (Å²) in [5, 5.41) is 16.8. The van der Waals surface area contributed by atoms with Crippen LogP contribution in [0.2, 0.25) is 0 Å². The first kappa shape index (κ1) is 63.2. The number of hydrogen-bond acceptors (Lipinski definition) is 15. The van der Waals surface area contributed by atoms with E-state index in [-0.39, 0.29) is 56.4 Å². The molecule has 17 nitrogen and oxygen atoms in total. The number of rotatable bonds is 34. The van der Waals surface area contributed by atoms with Crippen molar-refractivity contribution in [2.75, 3.05) is 93.0 Å². The number of hydrogen-bond donors (Lipinski definition) is 4. The van der Waals surface area contributed by atoms with Gasteiger partial charge in [0.15, 0.2) is 0 Å². The Morgan fingerprint density at radius 2 is 1.10 bits per heavy atom. The van der Waals surface area contributed by atoms with E-state index in [1.807, 2.05) is 55.4 Å². The molecule has 0 saturated carbocycles. The minimum absolute atomic E-state index is 0.0659. The second-order valence-electron chi connectivity index (χ2n) is 13.5. The number of unbranched alkanes of at least 4 members (excludes halogenated alkanes) is 5. The zero-order chi connectivity index (χ0) is 46.6. The van der Waals surface area contributed by atoms with Gasteiger partial charge in [-0.3, -0.25) is 0 Å². The molecule has 0 aliphatic carbocycles. The zero-order valence-electron chi connectivity index (χ0n) is 38.8. The molecule has 18 heteroatoms. The predicted octanol–water partition coefficient (Wildman–Crippen LogP) is 7.25. The number of aliphatic hydroxyl groups is 2. The van der Waals surface area contributed by atoms with Crippen LogP contribution in [0, 0.1) is 0 Å². The average Bonchev–Trinajstić information content (AvgIpc) is 3.24. The molecular formula is C43H83O17P. The highest BCUT2D eigenvalue weighted by Crippen LogP contribution is 2.42. The summed E-state index contributed by atoms with van der Waals surface area (Å²) < 4.78 is 62.8. The van der Waals surface area contributed by atoms with Gasteiger partial charge in [0.2, 0.25) is 0 Å². The molecule has 2 atom stereocenters. The number of phosphoric ester groups is 1. The van der Waals surface area contributed by atoms with Gasteiger partial charge in [0, 0.05) is 20.3 Å². The van der Waals surface area contributed by atoms with Gasteiger partial charge < -0.3 is 62.6 Å². The first-order valence-electron chi connectivity index (χ1n) is 21.8. The molecule has 1 rings (SSSR count). The minimum atomic E-state index is -4.77. The summed E-state index contributed by atoms with van der Waals surface area (Å²) in [5.41, 5.74) is 0.537. The van der Waals surface area contributed by atoms with Gasteiger partial charge >= 0.3 is 25.7 Å². The molecule has 0 fully saturated rings. The van der Waals surface area contributed by atoms with Crippen molar-refractivity contribution in [1.29, 1.82) is 0 Å². The highest BCUT2D eigenvalue weighted by atomic mass is 31.2. The molecule has 0 heterocycles. The van der Waals surface area contributed by atoms with Gasteiger partial charge in [-0.15, -0.1) is 0 Å². The van der Waals surface area contributed by atoms with Gasteiger partial charge in [-0.05, 0) is 65.0 Å². The van der Waals surface area contributed by atoms with Gasteiger partial charge in [0.05, 0.1) is 89.4 Å². The first-order valence-corrected chi connectivity index (χ1v) is 23.3. The van der Waals surface area contributed by atoms with Crippen LogP contribution >= 0.6 is 7.82 Å². The smallest absolute Gasteiger partial charge is 0.462 e. The SMILES string of the molecule is CCCCOC(=O)c1ccccc1C(=O)OCCCC.CCCCOCC(OCCCC)(OCCCC)OP(=O)(O)O.CCOCCOCCO.COC(C)COC(C)CO. The quantitative estimate of drug-likeness (QED) is 0.0231. The van der Waals surface area contributed by atoms with Crippen molar-refractivity contribution in [3.8, 4) is 0 Å². The fourth-order valence-corrected chi connectivity index (χ4v) is 4.56. The van der Waals surface area contributed by atoms with Crippen molar-refractivity contribution < 1.29 is 81.3 Å². The van der Waals surface area contributed by atoms with Gasteiger partial charge in [-0.25, -0.2) is 18.7 Å². The van der Waals surface area contributed by atoms with E-state index in [9.17, 15) is 14.2 Å². The second kappa shape index (κ2) is 44.5. The number of esters is 2. The number of phosphoric acid groups is 1. The van der Waals surface area contributed by atoms with Gasteiger partial charge in [0.1, 0.15) is 6.61 Å². The molecule has 0 amide bonds. The first-order chi connectivity index (χ1) is 29.2. The minimum Gasteiger partial charge on any atom is -0.462 e. The monoisotopic (exact) mass is 903 g/mol. The van der Waals surface area contributed by atoms with E-state index in [2.05, 4.69) is 0 Å². The topological polar surface area (TPSA) is 224 Å².